The van der Waals surface area contributed by atoms with Crippen LogP contribution in [0.2, 0.25) is 5.02 Å². The maximum absolute atomic E-state index is 12.8. The molecule has 0 saturated carbocycles. The maximum Gasteiger partial charge on any atom is 0.325 e. The van der Waals surface area contributed by atoms with Crippen LogP contribution in [0.4, 0.5) is 4.79 Å². The Hall–Kier alpha value is -1.93. The van der Waals surface area contributed by atoms with Crippen LogP contribution in [-0.2, 0) is 21.7 Å². The zero-order chi connectivity index (χ0) is 18.7. The lowest BCUT2D eigenvalue weighted by molar-refractivity contribution is -0.132. The molecule has 8 heteroatoms. The van der Waals surface area contributed by atoms with E-state index in [0.29, 0.717) is 17.2 Å². The van der Waals surface area contributed by atoms with Crippen LogP contribution in [-0.4, -0.2) is 41.2 Å². The molecule has 1 fully saturated rings. The first-order chi connectivity index (χ1) is 12.4. The molecule has 0 radical (unpaired) electrons. The molecule has 2 heterocycles. The minimum Gasteiger partial charge on any atom is -0.389 e. The highest BCUT2D eigenvalue weighted by atomic mass is 35.5. The van der Waals surface area contributed by atoms with Gasteiger partial charge in [0.15, 0.2) is 0 Å². The molecule has 2 N–H and O–H groups in total. The number of aliphatic hydroxyl groups excluding tert-OH is 1. The number of β-amino-alcohol motifs (C(OH)–C–C–N with tert-alkyl or cyclic N) is 1. The zero-order valence-electron chi connectivity index (χ0n) is 14.1. The van der Waals surface area contributed by atoms with E-state index in [4.69, 9.17) is 16.3 Å². The lowest BCUT2D eigenvalue weighted by Crippen LogP contribution is -2.42. The third-order valence-electron chi connectivity index (χ3n) is 4.20. The number of carbonyl (C=O) groups is 2. The molecule has 1 aromatic carbocycles. The van der Waals surface area contributed by atoms with Gasteiger partial charge in [0.2, 0.25) is 0 Å². The zero-order valence-corrected chi connectivity index (χ0v) is 15.7. The van der Waals surface area contributed by atoms with Crippen molar-refractivity contribution in [3.05, 3.63) is 57.2 Å². The van der Waals surface area contributed by atoms with Crippen molar-refractivity contribution in [2.24, 2.45) is 0 Å². The van der Waals surface area contributed by atoms with E-state index in [1.54, 1.807) is 42.5 Å². The molecule has 0 unspecified atom stereocenters. The average Bonchev–Trinajstić information content (AvgIpc) is 3.18. The first kappa shape index (κ1) is 18.8. The Balaban J connectivity index is 1.61. The molecule has 0 spiro atoms. The van der Waals surface area contributed by atoms with Gasteiger partial charge in [-0.3, -0.25) is 9.69 Å². The van der Waals surface area contributed by atoms with Crippen LogP contribution >= 0.6 is 22.9 Å². The Kier molecular flexibility index (Phi) is 5.62. The van der Waals surface area contributed by atoms with E-state index in [-0.39, 0.29) is 13.2 Å². The minimum atomic E-state index is -1.21. The van der Waals surface area contributed by atoms with Gasteiger partial charge in [0, 0.05) is 9.90 Å². The number of hydrogen-bond acceptors (Lipinski definition) is 5. The quantitative estimate of drug-likeness (QED) is 0.708. The molecule has 3 amide bonds. The van der Waals surface area contributed by atoms with Crippen LogP contribution in [0.5, 0.6) is 0 Å². The van der Waals surface area contributed by atoms with Crippen LogP contribution in [0.15, 0.2) is 41.8 Å². The number of aliphatic hydroxyl groups is 1. The van der Waals surface area contributed by atoms with Crippen LogP contribution in [0.1, 0.15) is 17.4 Å². The van der Waals surface area contributed by atoms with Gasteiger partial charge in [-0.05, 0) is 36.1 Å². The lowest BCUT2D eigenvalue weighted by atomic mass is 9.92. The maximum atomic E-state index is 12.8. The molecule has 1 aliphatic rings. The average molecular weight is 395 g/mol. The van der Waals surface area contributed by atoms with Crippen LogP contribution in [0.3, 0.4) is 0 Å². The van der Waals surface area contributed by atoms with Gasteiger partial charge in [-0.1, -0.05) is 29.8 Å². The molecule has 26 heavy (non-hydrogen) atoms. The van der Waals surface area contributed by atoms with Crippen molar-refractivity contribution in [2.45, 2.75) is 25.2 Å². The fourth-order valence-corrected chi connectivity index (χ4v) is 3.64. The molecule has 2 atom stereocenters. The number of halogens is 1. The van der Waals surface area contributed by atoms with E-state index in [0.717, 1.165) is 9.78 Å². The summed E-state index contributed by atoms with van der Waals surface area (Å²) in [7, 11) is 0. The first-order valence-corrected chi connectivity index (χ1v) is 9.34. The van der Waals surface area contributed by atoms with Gasteiger partial charge in [-0.15, -0.1) is 11.3 Å². The second kappa shape index (κ2) is 7.75. The van der Waals surface area contributed by atoms with Crippen molar-refractivity contribution < 1.29 is 19.4 Å². The fourth-order valence-electron chi connectivity index (χ4n) is 2.81. The van der Waals surface area contributed by atoms with E-state index in [1.807, 2.05) is 17.5 Å². The van der Waals surface area contributed by atoms with Gasteiger partial charge in [0.1, 0.15) is 5.54 Å². The monoisotopic (exact) mass is 394 g/mol. The third kappa shape index (κ3) is 3.91. The topological polar surface area (TPSA) is 78.9 Å². The highest BCUT2D eigenvalue weighted by molar-refractivity contribution is 7.09. The summed E-state index contributed by atoms with van der Waals surface area (Å²) in [4.78, 5) is 27.1. The van der Waals surface area contributed by atoms with Gasteiger partial charge >= 0.3 is 6.03 Å². The summed E-state index contributed by atoms with van der Waals surface area (Å²) < 4.78 is 5.45. The minimum absolute atomic E-state index is 0.0306. The van der Waals surface area contributed by atoms with Crippen molar-refractivity contribution in [3.63, 3.8) is 0 Å². The number of imide groups is 1. The summed E-state index contributed by atoms with van der Waals surface area (Å²) in [5, 5.41) is 15.2. The van der Waals surface area contributed by atoms with Crippen LogP contribution in [0, 0.1) is 0 Å². The van der Waals surface area contributed by atoms with Crippen LogP contribution in [0.25, 0.3) is 0 Å². The standard InChI is InChI=1S/C18H19ClN2O4S/c1-18(12-4-2-5-13(19)8-12)16(23)21(17(24)20-18)9-14(22)10-25-11-15-6-3-7-26-15/h2-8,14,22H,9-11H2,1H3,(H,20,24)/t14-,18-/m0/s1. The molecule has 1 aliphatic heterocycles. The second-order valence-electron chi connectivity index (χ2n) is 6.23. The number of ether oxygens (including phenoxy) is 1. The van der Waals surface area contributed by atoms with Gasteiger partial charge in [0.25, 0.3) is 5.91 Å². The highest BCUT2D eigenvalue weighted by Crippen LogP contribution is 2.30. The van der Waals surface area contributed by atoms with Crippen molar-refractivity contribution in [2.75, 3.05) is 13.2 Å². The summed E-state index contributed by atoms with van der Waals surface area (Å²) in [6.07, 6.45) is -0.966. The Bertz CT molecular complexity index is 798. The summed E-state index contributed by atoms with van der Waals surface area (Å²) in [6, 6.07) is 10.1. The Morgan fingerprint density at radius 1 is 1.35 bits per heavy atom. The normalized spacial score (nSPS) is 21.1. The fraction of sp³-hybridized carbons (Fsp3) is 0.333. The third-order valence-corrected chi connectivity index (χ3v) is 5.29. The summed E-state index contributed by atoms with van der Waals surface area (Å²) in [5.41, 5.74) is -0.617. The van der Waals surface area contributed by atoms with E-state index >= 15 is 0 Å². The highest BCUT2D eigenvalue weighted by Gasteiger charge is 2.49. The lowest BCUT2D eigenvalue weighted by Gasteiger charge is -2.23. The molecule has 3 rings (SSSR count). The Morgan fingerprint density at radius 2 is 2.15 bits per heavy atom. The predicted octanol–water partition coefficient (Wildman–Crippen LogP) is 2.75. The summed E-state index contributed by atoms with van der Waals surface area (Å²) >= 11 is 7.56. The smallest absolute Gasteiger partial charge is 0.325 e. The van der Waals surface area contributed by atoms with E-state index < -0.39 is 23.6 Å². The first-order valence-electron chi connectivity index (χ1n) is 8.08. The number of carbonyl (C=O) groups excluding carboxylic acids is 2. The predicted molar refractivity (Wildman–Crippen MR) is 99.0 cm³/mol. The summed E-state index contributed by atoms with van der Waals surface area (Å²) in [5.74, 6) is -0.429. The molecule has 2 aromatic rings. The van der Waals surface area contributed by atoms with Crippen LogP contribution < -0.4 is 5.32 Å². The molecular weight excluding hydrogens is 376 g/mol. The molecule has 138 valence electrons. The Morgan fingerprint density at radius 3 is 2.85 bits per heavy atom. The van der Waals surface area contributed by atoms with Gasteiger partial charge in [-0.2, -0.15) is 0 Å². The van der Waals surface area contributed by atoms with Gasteiger partial charge in [-0.25, -0.2) is 4.79 Å². The molecule has 6 nitrogen and oxygen atoms in total. The second-order valence-corrected chi connectivity index (χ2v) is 7.70. The number of urea groups is 1. The van der Waals surface area contributed by atoms with E-state index in [1.165, 1.54) is 0 Å². The molecule has 1 aromatic heterocycles. The molecule has 0 bridgehead atoms. The number of nitrogens with one attached hydrogen (secondary N) is 1. The van der Waals surface area contributed by atoms with E-state index in [2.05, 4.69) is 5.32 Å². The van der Waals surface area contributed by atoms with Crippen molar-refractivity contribution in [3.8, 4) is 0 Å². The number of nitrogens with zero attached hydrogens (tertiary/aromatic N) is 1. The van der Waals surface area contributed by atoms with E-state index in [9.17, 15) is 14.7 Å². The number of amides is 3. The number of rotatable bonds is 7. The molecular formula is C18H19ClN2O4S. The number of benzene rings is 1. The number of hydrogen-bond donors (Lipinski definition) is 2. The van der Waals surface area contributed by atoms with Crippen molar-refractivity contribution in [1.82, 2.24) is 10.2 Å². The number of thiophene rings is 1. The molecule has 0 aliphatic carbocycles. The SMILES string of the molecule is C[C@@]1(c2cccc(Cl)c2)NC(=O)N(C[C@H](O)COCc2cccs2)C1=O. The largest absolute Gasteiger partial charge is 0.389 e. The van der Waals surface area contributed by atoms with Crippen molar-refractivity contribution >= 4 is 34.9 Å². The summed E-state index contributed by atoms with van der Waals surface area (Å²) in [6.45, 7) is 1.90. The van der Waals surface area contributed by atoms with Crippen molar-refractivity contribution in [1.29, 1.82) is 0 Å². The van der Waals surface area contributed by atoms with Gasteiger partial charge < -0.3 is 15.2 Å². The molecule has 1 saturated heterocycles. The Labute approximate surface area is 160 Å². The van der Waals surface area contributed by atoms with Gasteiger partial charge in [0.05, 0.1) is 25.9 Å².